The number of nitrogen functional groups attached to an aromatic ring is 1. The number of alkyl halides is 1. The average Bonchev–Trinajstić information content (AvgIpc) is 2.71. The van der Waals surface area contributed by atoms with E-state index in [2.05, 4.69) is 15.0 Å². The van der Waals surface area contributed by atoms with Crippen molar-refractivity contribution in [3.05, 3.63) is 12.7 Å². The van der Waals surface area contributed by atoms with Gasteiger partial charge in [-0.15, -0.1) is 0 Å². The van der Waals surface area contributed by atoms with Crippen molar-refractivity contribution in [1.29, 1.82) is 0 Å². The fourth-order valence-corrected chi connectivity index (χ4v) is 2.14. The van der Waals surface area contributed by atoms with E-state index in [-0.39, 0.29) is 18.8 Å². The molecule has 90 valence electrons. The Kier molecular flexibility index (Phi) is 1.79. The van der Waals surface area contributed by atoms with Crippen LogP contribution in [0.3, 0.4) is 0 Å². The molecule has 6 nitrogen and oxygen atoms in total. The summed E-state index contributed by atoms with van der Waals surface area (Å²) in [5.41, 5.74) is 5.60. The number of anilines is 1. The lowest BCUT2D eigenvalue weighted by atomic mass is 10.1. The van der Waals surface area contributed by atoms with Crippen molar-refractivity contribution >= 4 is 17.0 Å². The number of nitrogens with zero attached hydrogens (tertiary/aromatic N) is 4. The minimum Gasteiger partial charge on any atom is -0.396 e. The van der Waals surface area contributed by atoms with Crippen LogP contribution in [0, 0.1) is 5.41 Å². The number of halogens is 1. The highest BCUT2D eigenvalue weighted by molar-refractivity contribution is 5.81. The van der Waals surface area contributed by atoms with E-state index in [0.717, 1.165) is 0 Å². The third-order valence-electron chi connectivity index (χ3n) is 3.52. The molecule has 0 aliphatic heterocycles. The lowest BCUT2D eigenvalue weighted by Crippen LogP contribution is -2.21. The number of imidazole rings is 1. The second kappa shape index (κ2) is 2.92. The SMILES string of the molecule is C[C@]1(CO)C[C@]1(F)n1cnc2c(N)ncnc21. The Morgan fingerprint density at radius 1 is 1.53 bits per heavy atom. The molecule has 1 saturated carbocycles. The van der Waals surface area contributed by atoms with Gasteiger partial charge < -0.3 is 10.8 Å². The highest BCUT2D eigenvalue weighted by Gasteiger charge is 2.68. The van der Waals surface area contributed by atoms with Gasteiger partial charge in [0, 0.05) is 11.8 Å². The van der Waals surface area contributed by atoms with Crippen molar-refractivity contribution in [2.24, 2.45) is 5.41 Å². The quantitative estimate of drug-likeness (QED) is 0.790. The molecule has 2 atom stereocenters. The van der Waals surface area contributed by atoms with Crippen LogP contribution in [0.2, 0.25) is 0 Å². The van der Waals surface area contributed by atoms with E-state index in [1.165, 1.54) is 17.2 Å². The summed E-state index contributed by atoms with van der Waals surface area (Å²) >= 11 is 0. The van der Waals surface area contributed by atoms with Crippen LogP contribution >= 0.6 is 0 Å². The molecule has 1 aliphatic rings. The Bertz CT molecular complexity index is 599. The van der Waals surface area contributed by atoms with Crippen LogP contribution in [0.4, 0.5) is 10.2 Å². The normalized spacial score (nSPS) is 31.9. The number of fused-ring (bicyclic) bond motifs is 1. The zero-order valence-corrected chi connectivity index (χ0v) is 9.26. The molecule has 1 aliphatic carbocycles. The second-order valence-electron chi connectivity index (χ2n) is 4.70. The molecule has 2 aromatic heterocycles. The van der Waals surface area contributed by atoms with E-state index in [4.69, 9.17) is 5.73 Å². The molecule has 0 aromatic carbocycles. The number of aliphatic hydroxyl groups is 1. The fraction of sp³-hybridized carbons (Fsp3) is 0.500. The first-order chi connectivity index (χ1) is 8.02. The van der Waals surface area contributed by atoms with Crippen LogP contribution in [0.5, 0.6) is 0 Å². The van der Waals surface area contributed by atoms with E-state index in [9.17, 15) is 9.50 Å². The minimum atomic E-state index is -1.64. The lowest BCUT2D eigenvalue weighted by Gasteiger charge is -2.14. The van der Waals surface area contributed by atoms with Crippen molar-refractivity contribution in [3.8, 4) is 0 Å². The Balaban J connectivity index is 2.18. The van der Waals surface area contributed by atoms with Gasteiger partial charge in [-0.2, -0.15) is 0 Å². The van der Waals surface area contributed by atoms with Crippen molar-refractivity contribution in [1.82, 2.24) is 19.5 Å². The third-order valence-corrected chi connectivity index (χ3v) is 3.52. The predicted octanol–water partition coefficient (Wildman–Crippen LogP) is 0.433. The summed E-state index contributed by atoms with van der Waals surface area (Å²) in [5.74, 6) is -1.42. The molecule has 7 heteroatoms. The molecular weight excluding hydrogens is 225 g/mol. The molecule has 3 rings (SSSR count). The fourth-order valence-electron chi connectivity index (χ4n) is 2.14. The summed E-state index contributed by atoms with van der Waals surface area (Å²) < 4.78 is 16.0. The second-order valence-corrected chi connectivity index (χ2v) is 4.70. The average molecular weight is 237 g/mol. The number of hydrogen-bond acceptors (Lipinski definition) is 5. The van der Waals surface area contributed by atoms with Gasteiger partial charge in [0.1, 0.15) is 11.8 Å². The highest BCUT2D eigenvalue weighted by atomic mass is 19.1. The maximum Gasteiger partial charge on any atom is 0.197 e. The van der Waals surface area contributed by atoms with E-state index in [0.29, 0.717) is 11.2 Å². The smallest absolute Gasteiger partial charge is 0.197 e. The van der Waals surface area contributed by atoms with Crippen LogP contribution in [0.25, 0.3) is 11.2 Å². The summed E-state index contributed by atoms with van der Waals surface area (Å²) in [4.78, 5) is 11.8. The minimum absolute atomic E-state index is 0.219. The maximum absolute atomic E-state index is 14.6. The molecule has 0 radical (unpaired) electrons. The summed E-state index contributed by atoms with van der Waals surface area (Å²) in [6.07, 6.45) is 2.88. The summed E-state index contributed by atoms with van der Waals surface area (Å²) in [5, 5.41) is 9.20. The number of rotatable bonds is 2. The van der Waals surface area contributed by atoms with Gasteiger partial charge in [-0.3, -0.25) is 4.57 Å². The predicted molar refractivity (Wildman–Crippen MR) is 58.6 cm³/mol. The first kappa shape index (κ1) is 10.4. The molecule has 17 heavy (non-hydrogen) atoms. The molecule has 3 N–H and O–H groups in total. The van der Waals surface area contributed by atoms with Gasteiger partial charge in [-0.05, 0) is 0 Å². The zero-order valence-electron chi connectivity index (χ0n) is 9.26. The van der Waals surface area contributed by atoms with Gasteiger partial charge in [0.05, 0.1) is 12.9 Å². The molecule has 1 fully saturated rings. The molecule has 0 amide bonds. The molecule has 0 bridgehead atoms. The number of aromatic nitrogens is 4. The maximum atomic E-state index is 14.6. The number of hydrogen-bond donors (Lipinski definition) is 2. The topological polar surface area (TPSA) is 89.8 Å². The summed E-state index contributed by atoms with van der Waals surface area (Å²) in [6, 6.07) is 0. The Hall–Kier alpha value is -1.76. The van der Waals surface area contributed by atoms with Gasteiger partial charge in [0.25, 0.3) is 0 Å². The lowest BCUT2D eigenvalue weighted by molar-refractivity contribution is 0.102. The molecular formula is C10H12FN5O. The first-order valence-electron chi connectivity index (χ1n) is 5.26. The molecule has 2 aromatic rings. The van der Waals surface area contributed by atoms with E-state index >= 15 is 0 Å². The molecule has 2 heterocycles. The largest absolute Gasteiger partial charge is 0.396 e. The van der Waals surface area contributed by atoms with Gasteiger partial charge >= 0.3 is 0 Å². The molecule has 0 unspecified atom stereocenters. The van der Waals surface area contributed by atoms with Crippen LogP contribution < -0.4 is 5.73 Å². The van der Waals surface area contributed by atoms with Crippen molar-refractivity contribution < 1.29 is 9.50 Å². The van der Waals surface area contributed by atoms with Crippen LogP contribution in [-0.2, 0) is 5.79 Å². The molecule has 0 saturated heterocycles. The van der Waals surface area contributed by atoms with Gasteiger partial charge in [-0.25, -0.2) is 19.3 Å². The van der Waals surface area contributed by atoms with Crippen LogP contribution in [0.1, 0.15) is 13.3 Å². The first-order valence-corrected chi connectivity index (χ1v) is 5.26. The standard InChI is InChI=1S/C10H12FN5O/c1-9(3-17)2-10(9,11)16-5-15-6-7(12)13-4-14-8(6)16/h4-5,17H,2-3H2,1H3,(H2,12,13,14)/t9-,10+/m1/s1. The van der Waals surface area contributed by atoms with Crippen LogP contribution in [-0.4, -0.2) is 31.2 Å². The Morgan fingerprint density at radius 3 is 2.94 bits per heavy atom. The van der Waals surface area contributed by atoms with Gasteiger partial charge in [0.2, 0.25) is 0 Å². The summed E-state index contributed by atoms with van der Waals surface area (Å²) in [6.45, 7) is 1.47. The third kappa shape index (κ3) is 1.14. The van der Waals surface area contributed by atoms with Crippen molar-refractivity contribution in [3.63, 3.8) is 0 Å². The molecule has 0 spiro atoms. The highest BCUT2D eigenvalue weighted by Crippen LogP contribution is 2.62. The van der Waals surface area contributed by atoms with Gasteiger partial charge in [-0.1, -0.05) is 6.92 Å². The Morgan fingerprint density at radius 2 is 2.29 bits per heavy atom. The van der Waals surface area contributed by atoms with Crippen molar-refractivity contribution in [2.45, 2.75) is 19.1 Å². The monoisotopic (exact) mass is 237 g/mol. The summed E-state index contributed by atoms with van der Waals surface area (Å²) in [7, 11) is 0. The van der Waals surface area contributed by atoms with Crippen LogP contribution in [0.15, 0.2) is 12.7 Å². The number of nitrogens with two attached hydrogens (primary N) is 1. The van der Waals surface area contributed by atoms with E-state index in [1.54, 1.807) is 6.92 Å². The van der Waals surface area contributed by atoms with E-state index < -0.39 is 11.2 Å². The van der Waals surface area contributed by atoms with Crippen molar-refractivity contribution in [2.75, 3.05) is 12.3 Å². The Labute approximate surface area is 96.3 Å². The number of aliphatic hydroxyl groups excluding tert-OH is 1. The van der Waals surface area contributed by atoms with E-state index in [1.807, 2.05) is 0 Å². The van der Waals surface area contributed by atoms with Gasteiger partial charge in [0.15, 0.2) is 17.3 Å². The zero-order chi connectivity index (χ0) is 12.3.